The number of nitrogens with zero attached hydrogens (tertiary/aromatic N) is 4. The van der Waals surface area contributed by atoms with Crippen LogP contribution in [0, 0.1) is 12.7 Å². The number of nitrogen functional groups attached to an aromatic ring is 1. The summed E-state index contributed by atoms with van der Waals surface area (Å²) in [4.78, 5) is 4.40. The number of aryl methyl sites for hydroxylation is 3. The molecule has 0 aliphatic rings. The molecule has 2 aromatic heterocycles. The first-order valence-electron chi connectivity index (χ1n) is 6.59. The van der Waals surface area contributed by atoms with Crippen molar-refractivity contribution in [3.05, 3.63) is 33.7 Å². The van der Waals surface area contributed by atoms with Crippen molar-refractivity contribution in [3.63, 3.8) is 0 Å². The largest absolute Gasteiger partial charge is 0.369 e. The first-order valence-corrected chi connectivity index (χ1v) is 7.39. The van der Waals surface area contributed by atoms with Gasteiger partial charge in [0.05, 0.1) is 15.9 Å². The molecular formula is C14H15BrFN5. The third-order valence-electron chi connectivity index (χ3n) is 3.54. The van der Waals surface area contributed by atoms with Crippen molar-refractivity contribution < 1.29 is 4.39 Å². The van der Waals surface area contributed by atoms with Gasteiger partial charge in [0.2, 0.25) is 5.95 Å². The molecule has 0 saturated carbocycles. The van der Waals surface area contributed by atoms with Gasteiger partial charge in [-0.3, -0.25) is 4.57 Å². The molecule has 0 bridgehead atoms. The molecule has 3 rings (SSSR count). The number of imidazole rings is 1. The topological polar surface area (TPSA) is 61.7 Å². The van der Waals surface area contributed by atoms with Crippen molar-refractivity contribution in [2.24, 2.45) is 7.05 Å². The molecule has 0 saturated heterocycles. The van der Waals surface area contributed by atoms with Crippen LogP contribution in [-0.2, 0) is 13.5 Å². The average Bonchev–Trinajstić information content (AvgIpc) is 2.91. The van der Waals surface area contributed by atoms with Gasteiger partial charge in [0.1, 0.15) is 11.3 Å². The molecule has 1 aromatic carbocycles. The highest BCUT2D eigenvalue weighted by Crippen LogP contribution is 2.29. The van der Waals surface area contributed by atoms with Crippen molar-refractivity contribution in [2.75, 3.05) is 5.73 Å². The lowest BCUT2D eigenvalue weighted by Gasteiger charge is -2.11. The second-order valence-corrected chi connectivity index (χ2v) is 5.81. The molecule has 110 valence electrons. The summed E-state index contributed by atoms with van der Waals surface area (Å²) in [6, 6.07) is 3.18. The maximum Gasteiger partial charge on any atom is 0.207 e. The molecular weight excluding hydrogens is 337 g/mol. The monoisotopic (exact) mass is 351 g/mol. The average molecular weight is 352 g/mol. The number of aromatic nitrogens is 4. The van der Waals surface area contributed by atoms with Crippen molar-refractivity contribution in [3.8, 4) is 5.69 Å². The summed E-state index contributed by atoms with van der Waals surface area (Å²) in [6.07, 6.45) is 0.765. The second-order valence-electron chi connectivity index (χ2n) is 4.95. The zero-order chi connectivity index (χ0) is 15.3. The molecule has 0 aliphatic heterocycles. The molecule has 2 heterocycles. The molecule has 0 atom stereocenters. The van der Waals surface area contributed by atoms with Gasteiger partial charge >= 0.3 is 0 Å². The molecule has 5 nitrogen and oxygen atoms in total. The van der Waals surface area contributed by atoms with E-state index in [9.17, 15) is 4.39 Å². The van der Waals surface area contributed by atoms with E-state index in [1.807, 2.05) is 20.9 Å². The lowest BCUT2D eigenvalue weighted by molar-refractivity contribution is 0.619. The van der Waals surface area contributed by atoms with Crippen LogP contribution in [0.15, 0.2) is 16.6 Å². The maximum absolute atomic E-state index is 13.9. The van der Waals surface area contributed by atoms with Crippen molar-refractivity contribution in [2.45, 2.75) is 20.3 Å². The number of benzene rings is 1. The van der Waals surface area contributed by atoms with Crippen LogP contribution in [0.2, 0.25) is 0 Å². The van der Waals surface area contributed by atoms with E-state index in [4.69, 9.17) is 5.73 Å². The summed E-state index contributed by atoms with van der Waals surface area (Å²) in [5.41, 5.74) is 10.0. The molecule has 0 unspecified atom stereocenters. The lowest BCUT2D eigenvalue weighted by atomic mass is 10.2. The Morgan fingerprint density at radius 2 is 2.10 bits per heavy atom. The number of rotatable bonds is 2. The lowest BCUT2D eigenvalue weighted by Crippen LogP contribution is -2.07. The van der Waals surface area contributed by atoms with Crippen LogP contribution in [-0.4, -0.2) is 19.3 Å². The number of halogens is 2. The fourth-order valence-electron chi connectivity index (χ4n) is 2.55. The standard InChI is InChI=1S/C14H15BrFN5/c1-4-10-12-13(20(3)19-10)21(14(17)18-12)11-6-9(16)8(15)5-7(11)2/h5-6H,4H2,1-3H3,(H2,17,18). The van der Waals surface area contributed by atoms with Gasteiger partial charge in [-0.15, -0.1) is 0 Å². The molecule has 0 amide bonds. The van der Waals surface area contributed by atoms with Crippen molar-refractivity contribution in [1.82, 2.24) is 19.3 Å². The predicted molar refractivity (Wildman–Crippen MR) is 84.0 cm³/mol. The van der Waals surface area contributed by atoms with Gasteiger partial charge in [-0.05, 0) is 47.0 Å². The van der Waals surface area contributed by atoms with Crippen LogP contribution in [0.25, 0.3) is 16.9 Å². The number of anilines is 1. The molecule has 0 aliphatic carbocycles. The van der Waals surface area contributed by atoms with E-state index in [1.165, 1.54) is 6.07 Å². The molecule has 7 heteroatoms. The van der Waals surface area contributed by atoms with Gasteiger partial charge in [0.25, 0.3) is 0 Å². The highest BCUT2D eigenvalue weighted by molar-refractivity contribution is 9.10. The number of nitrogens with two attached hydrogens (primary N) is 1. The molecule has 0 spiro atoms. The van der Waals surface area contributed by atoms with Gasteiger partial charge in [-0.2, -0.15) is 5.10 Å². The zero-order valence-corrected chi connectivity index (χ0v) is 13.6. The number of hydrogen-bond acceptors (Lipinski definition) is 3. The summed E-state index contributed by atoms with van der Waals surface area (Å²) in [5, 5.41) is 4.44. The maximum atomic E-state index is 13.9. The SMILES string of the molecule is CCc1nn(C)c2c1nc(N)n2-c1cc(F)c(Br)cc1C. The van der Waals surface area contributed by atoms with E-state index in [0.29, 0.717) is 16.1 Å². The third kappa shape index (κ3) is 2.03. The van der Waals surface area contributed by atoms with Gasteiger partial charge in [0, 0.05) is 7.05 Å². The van der Waals surface area contributed by atoms with Gasteiger partial charge in [0.15, 0.2) is 5.65 Å². The summed E-state index contributed by atoms with van der Waals surface area (Å²) >= 11 is 3.19. The van der Waals surface area contributed by atoms with E-state index >= 15 is 0 Å². The van der Waals surface area contributed by atoms with Crippen LogP contribution < -0.4 is 5.73 Å². The Kier molecular flexibility index (Phi) is 3.24. The number of fused-ring (bicyclic) bond motifs is 1. The van der Waals surface area contributed by atoms with Crippen LogP contribution in [0.5, 0.6) is 0 Å². The summed E-state index contributed by atoms with van der Waals surface area (Å²) in [7, 11) is 1.84. The third-order valence-corrected chi connectivity index (χ3v) is 4.15. The Bertz CT molecular complexity index is 849. The van der Waals surface area contributed by atoms with Crippen molar-refractivity contribution >= 4 is 33.0 Å². The minimum atomic E-state index is -0.338. The van der Waals surface area contributed by atoms with E-state index in [1.54, 1.807) is 15.3 Å². The zero-order valence-electron chi connectivity index (χ0n) is 12.0. The van der Waals surface area contributed by atoms with E-state index in [2.05, 4.69) is 26.0 Å². The predicted octanol–water partition coefficient (Wildman–Crippen LogP) is 3.11. The molecule has 21 heavy (non-hydrogen) atoms. The van der Waals surface area contributed by atoms with Crippen LogP contribution in [0.1, 0.15) is 18.2 Å². The Balaban J connectivity index is 2.38. The van der Waals surface area contributed by atoms with Crippen LogP contribution in [0.4, 0.5) is 10.3 Å². The van der Waals surface area contributed by atoms with Gasteiger partial charge in [-0.1, -0.05) is 6.92 Å². The summed E-state index contributed by atoms with van der Waals surface area (Å²) in [5.74, 6) is -0.00717. The highest BCUT2D eigenvalue weighted by Gasteiger charge is 2.20. The molecule has 0 fully saturated rings. The minimum absolute atomic E-state index is 0.331. The molecule has 3 aromatic rings. The molecule has 2 N–H and O–H groups in total. The first-order chi connectivity index (χ1) is 9.93. The van der Waals surface area contributed by atoms with Crippen LogP contribution >= 0.6 is 15.9 Å². The Hall–Kier alpha value is -1.89. The van der Waals surface area contributed by atoms with Gasteiger partial charge in [-0.25, -0.2) is 14.1 Å². The second kappa shape index (κ2) is 4.84. The van der Waals surface area contributed by atoms with E-state index < -0.39 is 0 Å². The van der Waals surface area contributed by atoms with E-state index in [0.717, 1.165) is 28.8 Å². The van der Waals surface area contributed by atoms with Crippen LogP contribution in [0.3, 0.4) is 0 Å². The normalized spacial score (nSPS) is 11.5. The Morgan fingerprint density at radius 3 is 2.76 bits per heavy atom. The van der Waals surface area contributed by atoms with Gasteiger partial charge < -0.3 is 5.73 Å². The fraction of sp³-hybridized carbons (Fsp3) is 0.286. The smallest absolute Gasteiger partial charge is 0.207 e. The highest BCUT2D eigenvalue weighted by atomic mass is 79.9. The minimum Gasteiger partial charge on any atom is -0.369 e. The summed E-state index contributed by atoms with van der Waals surface area (Å²) < 4.78 is 17.8. The fourth-order valence-corrected chi connectivity index (χ4v) is 3.01. The Labute approximate surface area is 129 Å². The van der Waals surface area contributed by atoms with Crippen molar-refractivity contribution in [1.29, 1.82) is 0 Å². The van der Waals surface area contributed by atoms with E-state index in [-0.39, 0.29) is 5.82 Å². The number of hydrogen-bond donors (Lipinski definition) is 1. The summed E-state index contributed by atoms with van der Waals surface area (Å²) in [6.45, 7) is 3.92. The Morgan fingerprint density at radius 1 is 1.38 bits per heavy atom. The molecule has 0 radical (unpaired) electrons. The quantitative estimate of drug-likeness (QED) is 0.771. The first kappa shape index (κ1) is 14.1.